The molecule has 0 bridgehead atoms. The summed E-state index contributed by atoms with van der Waals surface area (Å²) in [6.07, 6.45) is 0. The molecule has 2 aromatic carbocycles. The number of benzene rings is 2. The Morgan fingerprint density at radius 3 is 1.76 bits per heavy atom. The highest BCUT2D eigenvalue weighted by atomic mass is 16.6. The van der Waals surface area contributed by atoms with Crippen LogP contribution in [0.5, 0.6) is 0 Å². The normalized spacial score (nSPS) is 9.84. The Morgan fingerprint density at radius 1 is 0.840 bits per heavy atom. The number of nitro groups is 2. The average molecular weight is 339 g/mol. The van der Waals surface area contributed by atoms with Gasteiger partial charge in [-0.25, -0.2) is 0 Å². The first-order chi connectivity index (χ1) is 11.9. The fourth-order valence-corrected chi connectivity index (χ4v) is 2.37. The van der Waals surface area contributed by atoms with Crippen LogP contribution in [0.15, 0.2) is 42.5 Å². The van der Waals surface area contributed by atoms with E-state index in [1.165, 1.54) is 12.1 Å². The molecule has 0 N–H and O–H groups in total. The topological polar surface area (TPSA) is 89.5 Å². The van der Waals surface area contributed by atoms with E-state index in [9.17, 15) is 20.2 Å². The monoisotopic (exact) mass is 339 g/mol. The third-order valence-corrected chi connectivity index (χ3v) is 3.67. The standard InChI is InChI=1S/C18H17N3O4/c1-3-19(4-2)16-9-7-14(8-10-16)5-6-15-11-17(20(22)23)13-18(12-15)21(24)25/h7-13H,3-4H2,1-2H3. The van der Waals surface area contributed by atoms with E-state index in [-0.39, 0.29) is 16.9 Å². The molecule has 0 aliphatic heterocycles. The maximum atomic E-state index is 10.9. The zero-order valence-corrected chi connectivity index (χ0v) is 13.9. The summed E-state index contributed by atoms with van der Waals surface area (Å²) in [4.78, 5) is 22.6. The van der Waals surface area contributed by atoms with Crippen LogP contribution in [-0.2, 0) is 0 Å². The Kier molecular flexibility index (Phi) is 5.69. The van der Waals surface area contributed by atoms with E-state index in [1.54, 1.807) is 0 Å². The molecule has 0 radical (unpaired) electrons. The van der Waals surface area contributed by atoms with Crippen LogP contribution in [0.1, 0.15) is 25.0 Å². The van der Waals surface area contributed by atoms with Crippen molar-refractivity contribution in [1.29, 1.82) is 0 Å². The second kappa shape index (κ2) is 7.93. The average Bonchev–Trinajstić information content (AvgIpc) is 2.61. The van der Waals surface area contributed by atoms with Crippen molar-refractivity contribution in [3.63, 3.8) is 0 Å². The quantitative estimate of drug-likeness (QED) is 0.470. The van der Waals surface area contributed by atoms with Gasteiger partial charge in [-0.1, -0.05) is 11.8 Å². The van der Waals surface area contributed by atoms with Crippen molar-refractivity contribution < 1.29 is 9.85 Å². The van der Waals surface area contributed by atoms with E-state index >= 15 is 0 Å². The number of non-ortho nitro benzene ring substituents is 2. The highest BCUT2D eigenvalue weighted by Gasteiger charge is 2.15. The molecule has 2 rings (SSSR count). The van der Waals surface area contributed by atoms with Crippen LogP contribution >= 0.6 is 0 Å². The number of nitrogens with zero attached hydrogens (tertiary/aromatic N) is 3. The molecule has 0 fully saturated rings. The minimum atomic E-state index is -0.670. The van der Waals surface area contributed by atoms with Crippen LogP contribution in [0.4, 0.5) is 17.1 Å². The molecule has 0 saturated heterocycles. The van der Waals surface area contributed by atoms with Crippen molar-refractivity contribution >= 4 is 17.1 Å². The fourth-order valence-electron chi connectivity index (χ4n) is 2.37. The lowest BCUT2D eigenvalue weighted by molar-refractivity contribution is -0.394. The van der Waals surface area contributed by atoms with Gasteiger partial charge in [0, 0.05) is 42.0 Å². The van der Waals surface area contributed by atoms with Gasteiger partial charge in [-0.3, -0.25) is 20.2 Å². The van der Waals surface area contributed by atoms with Crippen molar-refractivity contribution in [2.45, 2.75) is 13.8 Å². The molecule has 0 unspecified atom stereocenters. The second-order valence-corrected chi connectivity index (χ2v) is 5.22. The summed E-state index contributed by atoms with van der Waals surface area (Å²) in [7, 11) is 0. The van der Waals surface area contributed by atoms with Crippen molar-refractivity contribution in [3.8, 4) is 11.8 Å². The van der Waals surface area contributed by atoms with E-state index in [0.717, 1.165) is 30.4 Å². The third kappa shape index (κ3) is 4.54. The summed E-state index contributed by atoms with van der Waals surface area (Å²) in [5, 5.41) is 21.8. The molecule has 2 aromatic rings. The summed E-state index contributed by atoms with van der Waals surface area (Å²) in [5.41, 5.74) is 1.34. The van der Waals surface area contributed by atoms with Gasteiger partial charge >= 0.3 is 0 Å². The van der Waals surface area contributed by atoms with Gasteiger partial charge in [0.25, 0.3) is 11.4 Å². The van der Waals surface area contributed by atoms with Gasteiger partial charge in [0.2, 0.25) is 0 Å². The third-order valence-electron chi connectivity index (χ3n) is 3.67. The predicted molar refractivity (Wildman–Crippen MR) is 95.7 cm³/mol. The van der Waals surface area contributed by atoms with Crippen LogP contribution in [0.3, 0.4) is 0 Å². The molecule has 7 nitrogen and oxygen atoms in total. The lowest BCUT2D eigenvalue weighted by Crippen LogP contribution is -2.21. The summed E-state index contributed by atoms with van der Waals surface area (Å²) < 4.78 is 0. The number of rotatable bonds is 5. The molecule has 0 atom stereocenters. The van der Waals surface area contributed by atoms with Gasteiger partial charge in [-0.05, 0) is 38.1 Å². The summed E-state index contributed by atoms with van der Waals surface area (Å²) in [6.45, 7) is 5.95. The molecular weight excluding hydrogens is 322 g/mol. The maximum absolute atomic E-state index is 10.9. The lowest BCUT2D eigenvalue weighted by atomic mass is 10.1. The van der Waals surface area contributed by atoms with E-state index in [4.69, 9.17) is 0 Å². The molecule has 0 aromatic heterocycles. The first-order valence-corrected chi connectivity index (χ1v) is 7.75. The van der Waals surface area contributed by atoms with Gasteiger partial charge in [0.1, 0.15) is 0 Å². The molecule has 128 valence electrons. The smallest absolute Gasteiger partial charge is 0.277 e. The molecule has 7 heteroatoms. The molecule has 0 spiro atoms. The summed E-state index contributed by atoms with van der Waals surface area (Å²) in [5.74, 6) is 5.64. The second-order valence-electron chi connectivity index (χ2n) is 5.22. The first kappa shape index (κ1) is 17.9. The molecule has 0 aliphatic carbocycles. The van der Waals surface area contributed by atoms with Gasteiger partial charge < -0.3 is 4.90 Å². The predicted octanol–water partition coefficient (Wildman–Crippen LogP) is 3.75. The maximum Gasteiger partial charge on any atom is 0.277 e. The number of nitro benzene ring substituents is 2. The Morgan fingerprint density at radius 2 is 1.32 bits per heavy atom. The molecule has 0 amide bonds. The fraction of sp³-hybridized carbons (Fsp3) is 0.222. The Balaban J connectivity index is 2.31. The van der Waals surface area contributed by atoms with Crippen LogP contribution < -0.4 is 4.90 Å². The van der Waals surface area contributed by atoms with Crippen LogP contribution in [0.25, 0.3) is 0 Å². The number of hydrogen-bond donors (Lipinski definition) is 0. The van der Waals surface area contributed by atoms with E-state index in [0.29, 0.717) is 0 Å². The minimum Gasteiger partial charge on any atom is -0.372 e. The lowest BCUT2D eigenvalue weighted by Gasteiger charge is -2.20. The van der Waals surface area contributed by atoms with E-state index in [2.05, 4.69) is 30.6 Å². The van der Waals surface area contributed by atoms with Crippen molar-refractivity contribution in [2.24, 2.45) is 0 Å². The zero-order chi connectivity index (χ0) is 18.4. The number of hydrogen-bond acceptors (Lipinski definition) is 5. The van der Waals surface area contributed by atoms with Gasteiger partial charge in [0.05, 0.1) is 15.9 Å². The van der Waals surface area contributed by atoms with Crippen LogP contribution in [0.2, 0.25) is 0 Å². The molecular formula is C18H17N3O4. The minimum absolute atomic E-state index is 0.230. The summed E-state index contributed by atoms with van der Waals surface area (Å²) in [6, 6.07) is 11.0. The van der Waals surface area contributed by atoms with Crippen molar-refractivity contribution in [2.75, 3.05) is 18.0 Å². The van der Waals surface area contributed by atoms with Gasteiger partial charge in [0.15, 0.2) is 0 Å². The highest BCUT2D eigenvalue weighted by molar-refractivity contribution is 5.55. The Labute approximate surface area is 145 Å². The van der Waals surface area contributed by atoms with Crippen LogP contribution in [0, 0.1) is 32.1 Å². The van der Waals surface area contributed by atoms with E-state index in [1.807, 2.05) is 24.3 Å². The molecule has 0 aliphatic rings. The molecule has 0 heterocycles. The SMILES string of the molecule is CCN(CC)c1ccc(C#Cc2cc([N+](=O)[O-])cc([N+](=O)[O-])c2)cc1. The first-order valence-electron chi connectivity index (χ1n) is 7.75. The summed E-state index contributed by atoms with van der Waals surface area (Å²) >= 11 is 0. The van der Waals surface area contributed by atoms with Crippen LogP contribution in [-0.4, -0.2) is 22.9 Å². The largest absolute Gasteiger partial charge is 0.372 e. The van der Waals surface area contributed by atoms with Crippen molar-refractivity contribution in [3.05, 3.63) is 73.8 Å². The van der Waals surface area contributed by atoms with Crippen molar-refractivity contribution in [1.82, 2.24) is 0 Å². The van der Waals surface area contributed by atoms with Gasteiger partial charge in [-0.15, -0.1) is 0 Å². The number of anilines is 1. The molecule has 0 saturated carbocycles. The van der Waals surface area contributed by atoms with E-state index < -0.39 is 9.85 Å². The highest BCUT2D eigenvalue weighted by Crippen LogP contribution is 2.22. The van der Waals surface area contributed by atoms with Gasteiger partial charge in [-0.2, -0.15) is 0 Å². The zero-order valence-electron chi connectivity index (χ0n) is 13.9. The Hall–Kier alpha value is -3.40. The Bertz CT molecular complexity index is 815. The molecule has 25 heavy (non-hydrogen) atoms.